The van der Waals surface area contributed by atoms with Gasteiger partial charge in [0.25, 0.3) is 0 Å². The fourth-order valence-corrected chi connectivity index (χ4v) is 4.73. The molecule has 7 heteroatoms. The molecule has 1 heterocycles. The molecule has 0 radical (unpaired) electrons. The van der Waals surface area contributed by atoms with Gasteiger partial charge in [-0.15, -0.1) is 0 Å². The third-order valence-corrected chi connectivity index (χ3v) is 6.94. The predicted molar refractivity (Wildman–Crippen MR) is 105 cm³/mol. The average Bonchev–Trinajstić information content (AvgIpc) is 3.22. The van der Waals surface area contributed by atoms with Crippen molar-refractivity contribution in [2.75, 3.05) is 5.75 Å². The zero-order valence-corrected chi connectivity index (χ0v) is 16.4. The van der Waals surface area contributed by atoms with Gasteiger partial charge in [0.05, 0.1) is 11.3 Å². The van der Waals surface area contributed by atoms with Gasteiger partial charge in [-0.05, 0) is 48.8 Å². The minimum atomic E-state index is -1.02. The SMILES string of the molecule is CCCSC1(C(O)(C=Cc2ccc(Cl)cc2Cl)Cn2cncn2)CC1. The van der Waals surface area contributed by atoms with Gasteiger partial charge in [-0.3, -0.25) is 0 Å². The quantitative estimate of drug-likeness (QED) is 0.700. The molecule has 1 aromatic carbocycles. The van der Waals surface area contributed by atoms with E-state index in [2.05, 4.69) is 17.0 Å². The Morgan fingerprint density at radius 2 is 2.20 bits per heavy atom. The molecular weight excluding hydrogens is 377 g/mol. The molecule has 3 rings (SSSR count). The maximum absolute atomic E-state index is 11.5. The van der Waals surface area contributed by atoms with Crippen molar-refractivity contribution in [1.29, 1.82) is 0 Å². The lowest BCUT2D eigenvalue weighted by Crippen LogP contribution is -2.44. The molecule has 1 atom stereocenters. The second-order valence-corrected chi connectivity index (χ2v) is 8.68. The van der Waals surface area contributed by atoms with Crippen LogP contribution in [0.2, 0.25) is 10.0 Å². The molecule has 1 aliphatic carbocycles. The molecule has 1 saturated carbocycles. The minimum Gasteiger partial charge on any atom is -0.382 e. The number of aromatic nitrogens is 3. The fraction of sp³-hybridized carbons (Fsp3) is 0.444. The monoisotopic (exact) mass is 397 g/mol. The summed E-state index contributed by atoms with van der Waals surface area (Å²) in [4.78, 5) is 3.99. The molecule has 1 unspecified atom stereocenters. The van der Waals surface area contributed by atoms with Crippen LogP contribution in [0.5, 0.6) is 0 Å². The smallest absolute Gasteiger partial charge is 0.137 e. The second-order valence-electron chi connectivity index (χ2n) is 6.36. The molecule has 0 saturated heterocycles. The van der Waals surface area contributed by atoms with Gasteiger partial charge in [-0.1, -0.05) is 42.3 Å². The molecule has 2 aromatic rings. The van der Waals surface area contributed by atoms with E-state index in [9.17, 15) is 5.11 Å². The predicted octanol–water partition coefficient (Wildman–Crippen LogP) is 4.71. The van der Waals surface area contributed by atoms with Gasteiger partial charge < -0.3 is 5.11 Å². The highest BCUT2D eigenvalue weighted by molar-refractivity contribution is 8.01. The number of hydrogen-bond acceptors (Lipinski definition) is 4. The Kier molecular flexibility index (Phi) is 5.78. The lowest BCUT2D eigenvalue weighted by molar-refractivity contribution is 0.0588. The molecule has 0 bridgehead atoms. The Labute approximate surface area is 162 Å². The van der Waals surface area contributed by atoms with E-state index in [1.807, 2.05) is 30.0 Å². The van der Waals surface area contributed by atoms with Gasteiger partial charge in [0.15, 0.2) is 0 Å². The van der Waals surface area contributed by atoms with Crippen LogP contribution in [-0.4, -0.2) is 36.0 Å². The topological polar surface area (TPSA) is 50.9 Å². The van der Waals surface area contributed by atoms with Gasteiger partial charge in [0, 0.05) is 10.0 Å². The van der Waals surface area contributed by atoms with Crippen molar-refractivity contribution in [2.45, 2.75) is 43.1 Å². The van der Waals surface area contributed by atoms with Crippen LogP contribution in [0.15, 0.2) is 36.9 Å². The normalized spacial score (nSPS) is 18.4. The third kappa shape index (κ3) is 4.22. The Bertz CT molecular complexity index is 747. The number of rotatable bonds is 8. The van der Waals surface area contributed by atoms with E-state index in [1.165, 1.54) is 6.33 Å². The number of aliphatic hydroxyl groups is 1. The maximum Gasteiger partial charge on any atom is 0.137 e. The van der Waals surface area contributed by atoms with Crippen LogP contribution in [-0.2, 0) is 6.54 Å². The van der Waals surface area contributed by atoms with Crippen LogP contribution in [0.25, 0.3) is 6.08 Å². The van der Waals surface area contributed by atoms with E-state index >= 15 is 0 Å². The number of nitrogens with zero attached hydrogens (tertiary/aromatic N) is 3. The van der Waals surface area contributed by atoms with Crippen molar-refractivity contribution >= 4 is 41.0 Å². The molecule has 25 heavy (non-hydrogen) atoms. The Hall–Kier alpha value is -1.01. The summed E-state index contributed by atoms with van der Waals surface area (Å²) in [7, 11) is 0. The van der Waals surface area contributed by atoms with E-state index in [0.717, 1.165) is 30.6 Å². The summed E-state index contributed by atoms with van der Waals surface area (Å²) in [5, 5.41) is 16.9. The van der Waals surface area contributed by atoms with Crippen molar-refractivity contribution in [2.24, 2.45) is 0 Å². The van der Waals surface area contributed by atoms with E-state index in [1.54, 1.807) is 23.1 Å². The second kappa shape index (κ2) is 7.70. The molecule has 1 N–H and O–H groups in total. The summed E-state index contributed by atoms with van der Waals surface area (Å²) in [6.07, 6.45) is 9.91. The summed E-state index contributed by atoms with van der Waals surface area (Å²) >= 11 is 14.1. The standard InChI is InChI=1S/C18H21Cl2N3OS/c1-2-9-25-18(7-8-18)17(24,11-23-13-21-12-22-23)6-5-14-3-4-15(19)10-16(14)20/h3-6,10,12-13,24H,2,7-9,11H2,1H3. The highest BCUT2D eigenvalue weighted by Gasteiger charge is 2.58. The van der Waals surface area contributed by atoms with Crippen molar-refractivity contribution in [3.05, 3.63) is 52.5 Å². The Balaban J connectivity index is 1.89. The van der Waals surface area contributed by atoms with Gasteiger partial charge in [-0.25, -0.2) is 9.67 Å². The summed E-state index contributed by atoms with van der Waals surface area (Å²) in [6, 6.07) is 5.36. The maximum atomic E-state index is 11.5. The van der Waals surface area contributed by atoms with E-state index in [-0.39, 0.29) is 4.75 Å². The molecule has 0 aliphatic heterocycles. The first kappa shape index (κ1) is 18.8. The molecule has 134 valence electrons. The summed E-state index contributed by atoms with van der Waals surface area (Å²) in [5.74, 6) is 1.02. The largest absolute Gasteiger partial charge is 0.382 e. The summed E-state index contributed by atoms with van der Waals surface area (Å²) in [6.45, 7) is 2.52. The minimum absolute atomic E-state index is 0.176. The molecule has 0 spiro atoms. The highest BCUT2D eigenvalue weighted by Crippen LogP contribution is 2.57. The van der Waals surface area contributed by atoms with Crippen molar-refractivity contribution in [3.8, 4) is 0 Å². The first-order valence-electron chi connectivity index (χ1n) is 8.31. The molecule has 1 fully saturated rings. The zero-order chi connectivity index (χ0) is 17.9. The molecule has 1 aliphatic rings. The summed E-state index contributed by atoms with van der Waals surface area (Å²) < 4.78 is 1.50. The molecular formula is C18H21Cl2N3OS. The first-order chi connectivity index (χ1) is 12.0. The number of thioether (sulfide) groups is 1. The lowest BCUT2D eigenvalue weighted by Gasteiger charge is -2.34. The van der Waals surface area contributed by atoms with Gasteiger partial charge in [0.2, 0.25) is 0 Å². The van der Waals surface area contributed by atoms with Crippen molar-refractivity contribution in [1.82, 2.24) is 14.8 Å². The van der Waals surface area contributed by atoms with Crippen LogP contribution in [0.3, 0.4) is 0 Å². The van der Waals surface area contributed by atoms with E-state index < -0.39 is 5.60 Å². The summed E-state index contributed by atoms with van der Waals surface area (Å²) in [5.41, 5.74) is -0.192. The van der Waals surface area contributed by atoms with Crippen molar-refractivity contribution < 1.29 is 5.11 Å². The number of hydrogen-bond donors (Lipinski definition) is 1. The Morgan fingerprint density at radius 1 is 1.40 bits per heavy atom. The highest BCUT2D eigenvalue weighted by atomic mass is 35.5. The molecule has 4 nitrogen and oxygen atoms in total. The van der Waals surface area contributed by atoms with Gasteiger partial charge in [-0.2, -0.15) is 16.9 Å². The Morgan fingerprint density at radius 3 is 2.80 bits per heavy atom. The molecule has 1 aromatic heterocycles. The zero-order valence-electron chi connectivity index (χ0n) is 14.0. The van der Waals surface area contributed by atoms with E-state index in [4.69, 9.17) is 23.2 Å². The fourth-order valence-electron chi connectivity index (χ4n) is 2.89. The van der Waals surface area contributed by atoms with Gasteiger partial charge >= 0.3 is 0 Å². The van der Waals surface area contributed by atoms with Crippen LogP contribution in [0, 0.1) is 0 Å². The first-order valence-corrected chi connectivity index (χ1v) is 10.1. The lowest BCUT2D eigenvalue weighted by atomic mass is 9.95. The van der Waals surface area contributed by atoms with E-state index in [0.29, 0.717) is 16.6 Å². The number of benzene rings is 1. The van der Waals surface area contributed by atoms with Crippen LogP contribution >= 0.6 is 35.0 Å². The third-order valence-electron chi connectivity index (χ3n) is 4.45. The number of halogens is 2. The van der Waals surface area contributed by atoms with Crippen LogP contribution in [0.4, 0.5) is 0 Å². The van der Waals surface area contributed by atoms with Crippen molar-refractivity contribution in [3.63, 3.8) is 0 Å². The molecule has 0 amide bonds. The van der Waals surface area contributed by atoms with Crippen LogP contribution in [0.1, 0.15) is 31.7 Å². The van der Waals surface area contributed by atoms with Crippen LogP contribution < -0.4 is 0 Å². The van der Waals surface area contributed by atoms with Gasteiger partial charge in [0.1, 0.15) is 18.3 Å². The average molecular weight is 398 g/mol.